The van der Waals surface area contributed by atoms with E-state index in [-0.39, 0.29) is 0 Å². The molecule has 1 rings (SSSR count). The zero-order valence-corrected chi connectivity index (χ0v) is 8.14. The highest BCUT2D eigenvalue weighted by Gasteiger charge is 2.12. The maximum Gasteiger partial charge on any atom is 0.235 e. The quantitative estimate of drug-likeness (QED) is 0.667. The van der Waals surface area contributed by atoms with E-state index in [1.807, 2.05) is 18.0 Å². The zero-order valence-electron chi connectivity index (χ0n) is 8.14. The molecule has 5 heteroatoms. The number of hydrogen-bond donors (Lipinski definition) is 2. The first-order valence-electron chi connectivity index (χ1n) is 4.34. The Morgan fingerprint density at radius 2 is 2.43 bits per heavy atom. The van der Waals surface area contributed by atoms with E-state index in [2.05, 4.69) is 0 Å². The predicted molar refractivity (Wildman–Crippen MR) is 52.2 cm³/mol. The van der Waals surface area contributed by atoms with Crippen molar-refractivity contribution >= 4 is 5.91 Å². The van der Waals surface area contributed by atoms with Crippen molar-refractivity contribution in [3.63, 3.8) is 0 Å². The van der Waals surface area contributed by atoms with Gasteiger partial charge >= 0.3 is 0 Å². The third-order valence-electron chi connectivity index (χ3n) is 1.91. The van der Waals surface area contributed by atoms with Crippen molar-refractivity contribution in [1.82, 2.24) is 4.90 Å². The number of primary amides is 1. The van der Waals surface area contributed by atoms with Crippen molar-refractivity contribution in [3.05, 3.63) is 24.2 Å². The number of carbonyl (C=O) groups is 1. The van der Waals surface area contributed by atoms with Gasteiger partial charge in [-0.15, -0.1) is 0 Å². The van der Waals surface area contributed by atoms with Crippen LogP contribution in [0.3, 0.4) is 0 Å². The van der Waals surface area contributed by atoms with E-state index in [0.717, 1.165) is 5.56 Å². The lowest BCUT2D eigenvalue weighted by Gasteiger charge is -2.18. The number of amides is 1. The third-order valence-corrected chi connectivity index (χ3v) is 1.91. The van der Waals surface area contributed by atoms with E-state index < -0.39 is 11.9 Å². The maximum absolute atomic E-state index is 10.7. The van der Waals surface area contributed by atoms with Crippen molar-refractivity contribution in [2.75, 3.05) is 13.6 Å². The van der Waals surface area contributed by atoms with Crippen LogP contribution in [0.15, 0.2) is 23.0 Å². The number of rotatable bonds is 5. The first kappa shape index (κ1) is 10.7. The van der Waals surface area contributed by atoms with E-state index >= 15 is 0 Å². The van der Waals surface area contributed by atoms with Gasteiger partial charge in [0.25, 0.3) is 0 Å². The first-order valence-corrected chi connectivity index (χ1v) is 4.34. The van der Waals surface area contributed by atoms with Crippen LogP contribution in [-0.2, 0) is 11.3 Å². The smallest absolute Gasteiger partial charge is 0.235 e. The van der Waals surface area contributed by atoms with E-state index in [1.54, 1.807) is 12.5 Å². The van der Waals surface area contributed by atoms with Gasteiger partial charge in [0.05, 0.1) is 18.6 Å². The molecule has 1 heterocycles. The molecule has 0 aliphatic rings. The van der Waals surface area contributed by atoms with Crippen LogP contribution in [-0.4, -0.2) is 30.4 Å². The molecule has 4 N–H and O–H groups in total. The molecule has 0 aliphatic heterocycles. The van der Waals surface area contributed by atoms with Gasteiger partial charge in [-0.05, 0) is 13.1 Å². The highest BCUT2D eigenvalue weighted by Crippen LogP contribution is 2.03. The maximum atomic E-state index is 10.7. The van der Waals surface area contributed by atoms with Crippen molar-refractivity contribution in [2.45, 2.75) is 12.6 Å². The summed E-state index contributed by atoms with van der Waals surface area (Å²) in [6, 6.07) is 1.25. The van der Waals surface area contributed by atoms with Gasteiger partial charge in [0, 0.05) is 18.7 Å². The molecule has 5 nitrogen and oxygen atoms in total. The number of nitrogens with two attached hydrogens (primary N) is 2. The molecular weight excluding hydrogens is 182 g/mol. The molecule has 0 aliphatic carbocycles. The molecule has 1 aromatic heterocycles. The average molecular weight is 197 g/mol. The summed E-state index contributed by atoms with van der Waals surface area (Å²) in [6.45, 7) is 1.14. The Balaban J connectivity index is 2.36. The normalized spacial score (nSPS) is 13.1. The molecule has 1 atom stereocenters. The first-order chi connectivity index (χ1) is 6.59. The molecule has 1 unspecified atom stereocenters. The molecule has 0 aromatic carbocycles. The molecule has 14 heavy (non-hydrogen) atoms. The number of carbonyl (C=O) groups excluding carboxylic acids is 1. The standard InChI is InChI=1S/C9H15N3O2/c1-12(5-8(10)9(11)13)4-7-2-3-14-6-7/h2-3,6,8H,4-5,10H2,1H3,(H2,11,13). The fraction of sp³-hybridized carbons (Fsp3) is 0.444. The van der Waals surface area contributed by atoms with E-state index in [1.165, 1.54) is 0 Å². The fourth-order valence-corrected chi connectivity index (χ4v) is 1.18. The summed E-state index contributed by atoms with van der Waals surface area (Å²) >= 11 is 0. The van der Waals surface area contributed by atoms with E-state index in [0.29, 0.717) is 13.1 Å². The van der Waals surface area contributed by atoms with E-state index in [4.69, 9.17) is 15.9 Å². The van der Waals surface area contributed by atoms with Gasteiger partial charge in [0.2, 0.25) is 5.91 Å². The van der Waals surface area contributed by atoms with Crippen LogP contribution in [0.2, 0.25) is 0 Å². The van der Waals surface area contributed by atoms with Gasteiger partial charge in [-0.25, -0.2) is 0 Å². The van der Waals surface area contributed by atoms with Crippen LogP contribution >= 0.6 is 0 Å². The molecule has 0 spiro atoms. The average Bonchev–Trinajstić information content (AvgIpc) is 2.56. The van der Waals surface area contributed by atoms with Crippen LogP contribution in [0.1, 0.15) is 5.56 Å². The Kier molecular flexibility index (Phi) is 3.67. The fourth-order valence-electron chi connectivity index (χ4n) is 1.18. The monoisotopic (exact) mass is 197 g/mol. The van der Waals surface area contributed by atoms with E-state index in [9.17, 15) is 4.79 Å². The Morgan fingerprint density at radius 1 is 1.71 bits per heavy atom. The number of nitrogens with zero attached hydrogens (tertiary/aromatic N) is 1. The topological polar surface area (TPSA) is 85.5 Å². The Morgan fingerprint density at radius 3 is 2.93 bits per heavy atom. The van der Waals surface area contributed by atoms with Gasteiger partial charge in [0.15, 0.2) is 0 Å². The third kappa shape index (κ3) is 3.20. The summed E-state index contributed by atoms with van der Waals surface area (Å²) in [5.74, 6) is -0.482. The number of likely N-dealkylation sites (N-methyl/N-ethyl adjacent to an activating group) is 1. The van der Waals surface area contributed by atoms with Gasteiger partial charge in [-0.2, -0.15) is 0 Å². The Bertz CT molecular complexity index is 284. The molecule has 0 saturated heterocycles. The van der Waals surface area contributed by atoms with Crippen LogP contribution in [0.4, 0.5) is 0 Å². The second kappa shape index (κ2) is 4.78. The number of hydrogen-bond acceptors (Lipinski definition) is 4. The largest absolute Gasteiger partial charge is 0.472 e. The van der Waals surface area contributed by atoms with Crippen LogP contribution in [0.25, 0.3) is 0 Å². The molecule has 1 aromatic rings. The summed E-state index contributed by atoms with van der Waals surface area (Å²) in [4.78, 5) is 12.6. The highest BCUT2D eigenvalue weighted by atomic mass is 16.3. The number of furan rings is 1. The van der Waals surface area contributed by atoms with Crippen LogP contribution < -0.4 is 11.5 Å². The molecule has 0 fully saturated rings. The summed E-state index contributed by atoms with van der Waals surface area (Å²) in [5, 5.41) is 0. The second-order valence-corrected chi connectivity index (χ2v) is 3.34. The van der Waals surface area contributed by atoms with Crippen molar-refractivity contribution in [3.8, 4) is 0 Å². The van der Waals surface area contributed by atoms with Gasteiger partial charge < -0.3 is 15.9 Å². The SMILES string of the molecule is CN(Cc1ccoc1)CC(N)C(N)=O. The molecule has 78 valence electrons. The minimum atomic E-state index is -0.619. The van der Waals surface area contributed by atoms with Crippen molar-refractivity contribution in [2.24, 2.45) is 11.5 Å². The second-order valence-electron chi connectivity index (χ2n) is 3.34. The zero-order chi connectivity index (χ0) is 10.6. The molecule has 0 saturated carbocycles. The van der Waals surface area contributed by atoms with Crippen LogP contribution in [0.5, 0.6) is 0 Å². The lowest BCUT2D eigenvalue weighted by molar-refractivity contribution is -0.119. The predicted octanol–water partition coefficient (Wildman–Crippen LogP) is -0.476. The summed E-state index contributed by atoms with van der Waals surface area (Å²) in [5.41, 5.74) is 11.6. The molecule has 0 bridgehead atoms. The summed E-state index contributed by atoms with van der Waals surface area (Å²) in [6.07, 6.45) is 3.27. The lowest BCUT2D eigenvalue weighted by Crippen LogP contribution is -2.44. The Labute approximate surface area is 82.7 Å². The van der Waals surface area contributed by atoms with Gasteiger partial charge in [-0.1, -0.05) is 0 Å². The highest BCUT2D eigenvalue weighted by molar-refractivity contribution is 5.79. The van der Waals surface area contributed by atoms with Gasteiger partial charge in [-0.3, -0.25) is 9.69 Å². The molecule has 0 radical (unpaired) electrons. The molecule has 1 amide bonds. The van der Waals surface area contributed by atoms with Crippen molar-refractivity contribution < 1.29 is 9.21 Å². The van der Waals surface area contributed by atoms with Crippen molar-refractivity contribution in [1.29, 1.82) is 0 Å². The minimum absolute atomic E-state index is 0.445. The molecular formula is C9H15N3O2. The lowest BCUT2D eigenvalue weighted by atomic mass is 10.2. The minimum Gasteiger partial charge on any atom is -0.472 e. The summed E-state index contributed by atoms with van der Waals surface area (Å²) < 4.78 is 4.92. The Hall–Kier alpha value is -1.33. The van der Waals surface area contributed by atoms with Gasteiger partial charge in [0.1, 0.15) is 0 Å². The van der Waals surface area contributed by atoms with Crippen LogP contribution in [0, 0.1) is 0 Å². The summed E-state index contributed by atoms with van der Waals surface area (Å²) in [7, 11) is 1.87.